The van der Waals surface area contributed by atoms with E-state index in [1.54, 1.807) is 0 Å². The number of benzene rings is 1. The molecule has 0 unspecified atom stereocenters. The van der Waals surface area contributed by atoms with Gasteiger partial charge in [-0.15, -0.1) is 0 Å². The third kappa shape index (κ3) is 5.42. The topological polar surface area (TPSA) is 65.7 Å². The van der Waals surface area contributed by atoms with E-state index >= 15 is 0 Å². The molecule has 2 heterocycles. The lowest BCUT2D eigenvalue weighted by Gasteiger charge is -2.40. The fraction of sp³-hybridized carbons (Fsp3) is 0.696. The normalized spacial score (nSPS) is 25.9. The number of rotatable bonds is 7. The van der Waals surface area contributed by atoms with Crippen molar-refractivity contribution in [3.8, 4) is 0 Å². The Labute approximate surface area is 197 Å². The summed E-state index contributed by atoms with van der Waals surface area (Å²) in [5, 5.41) is 10.9. The van der Waals surface area contributed by atoms with E-state index in [1.165, 1.54) is 0 Å². The van der Waals surface area contributed by atoms with Crippen LogP contribution in [0.3, 0.4) is 0 Å². The summed E-state index contributed by atoms with van der Waals surface area (Å²) in [6.07, 6.45) is 1.39. The molecule has 176 valence electrons. The van der Waals surface area contributed by atoms with Crippen LogP contribution in [0.15, 0.2) is 12.1 Å². The molecular formula is C23H36BClN2O4Si. The van der Waals surface area contributed by atoms with Gasteiger partial charge in [0, 0.05) is 39.2 Å². The number of nitrogens with zero attached hydrogens (tertiary/aromatic N) is 2. The Morgan fingerprint density at radius 3 is 2.47 bits per heavy atom. The Hall–Kier alpha value is -0.898. The highest BCUT2D eigenvalue weighted by Gasteiger charge is 2.42. The lowest BCUT2D eigenvalue weighted by Crippen LogP contribution is -2.47. The number of halogens is 1. The van der Waals surface area contributed by atoms with Gasteiger partial charge in [-0.3, -0.25) is 0 Å². The second-order valence-electron chi connectivity index (χ2n) is 11.8. The van der Waals surface area contributed by atoms with E-state index in [1.807, 2.05) is 13.0 Å². The molecule has 1 aromatic heterocycles. The summed E-state index contributed by atoms with van der Waals surface area (Å²) in [7, 11) is -1.61. The second-order valence-corrected chi connectivity index (χ2v) is 17.9. The van der Waals surface area contributed by atoms with E-state index in [0.717, 1.165) is 35.0 Å². The molecule has 2 aromatic rings. The zero-order valence-electron chi connectivity index (χ0n) is 20.2. The van der Waals surface area contributed by atoms with Gasteiger partial charge in [0.1, 0.15) is 18.1 Å². The molecule has 2 aliphatic rings. The van der Waals surface area contributed by atoms with Gasteiger partial charge in [-0.25, -0.2) is 4.98 Å². The predicted octanol–water partition coefficient (Wildman–Crippen LogP) is 4.40. The summed E-state index contributed by atoms with van der Waals surface area (Å²) in [5.41, 5.74) is 1.97. The third-order valence-electron chi connectivity index (χ3n) is 6.34. The number of fused-ring (bicyclic) bond motifs is 1. The first kappa shape index (κ1) is 24.2. The molecule has 1 saturated carbocycles. The van der Waals surface area contributed by atoms with Gasteiger partial charge in [-0.2, -0.15) is 0 Å². The highest BCUT2D eigenvalue weighted by Crippen LogP contribution is 2.45. The molecule has 1 saturated heterocycles. The Balaban J connectivity index is 1.64. The summed E-state index contributed by atoms with van der Waals surface area (Å²) < 4.78 is 20.2. The average Bonchev–Trinajstić information content (AvgIpc) is 3.01. The Morgan fingerprint density at radius 2 is 1.88 bits per heavy atom. The first-order valence-corrected chi connectivity index (χ1v) is 15.7. The summed E-state index contributed by atoms with van der Waals surface area (Å²) >= 11 is 6.69. The van der Waals surface area contributed by atoms with E-state index in [-0.39, 0.29) is 11.3 Å². The van der Waals surface area contributed by atoms with E-state index < -0.39 is 20.8 Å². The molecule has 1 aromatic carbocycles. The molecule has 1 N–H and O–H groups in total. The van der Waals surface area contributed by atoms with E-state index in [9.17, 15) is 5.11 Å². The van der Waals surface area contributed by atoms with Crippen LogP contribution in [0.25, 0.3) is 11.0 Å². The van der Waals surface area contributed by atoms with Crippen molar-refractivity contribution in [3.05, 3.63) is 23.0 Å². The number of ether oxygens (including phenoxy) is 1. The molecule has 9 heteroatoms. The van der Waals surface area contributed by atoms with Crippen molar-refractivity contribution in [2.24, 2.45) is 5.41 Å². The van der Waals surface area contributed by atoms with Gasteiger partial charge in [0.2, 0.25) is 0 Å². The Bertz CT molecular complexity index is 971. The quantitative estimate of drug-likeness (QED) is 0.472. The van der Waals surface area contributed by atoms with Crippen LogP contribution in [0.5, 0.6) is 0 Å². The molecule has 0 radical (unpaired) electrons. The van der Waals surface area contributed by atoms with Crippen LogP contribution in [0.4, 0.5) is 0 Å². The van der Waals surface area contributed by atoms with Crippen LogP contribution in [-0.2, 0) is 20.8 Å². The molecule has 1 aliphatic carbocycles. The largest absolute Gasteiger partial charge is 0.494 e. The summed E-state index contributed by atoms with van der Waals surface area (Å²) in [6.45, 7) is 15.6. The van der Waals surface area contributed by atoms with E-state index in [2.05, 4.69) is 44.1 Å². The molecule has 2 fully saturated rings. The van der Waals surface area contributed by atoms with Crippen LogP contribution in [0.1, 0.15) is 45.4 Å². The van der Waals surface area contributed by atoms with Crippen molar-refractivity contribution < 1.29 is 19.2 Å². The standard InChI is InChI=1S/C23H36BClN2O4Si/c1-22(2)13-30-24(31-14-22)17-9-18(25)20-19(10-17)27(15-29-7-8-32(4,5)6)21(26-20)16-11-23(3,28)12-16/h9-10,16,28H,7-8,11-15H2,1-6H3. The molecule has 1 aliphatic heterocycles. The Morgan fingerprint density at radius 1 is 1.22 bits per heavy atom. The maximum Gasteiger partial charge on any atom is 0.494 e. The SMILES string of the molecule is CC1(C)COB(c2cc(Cl)c3nc(C4CC(C)(O)C4)n(COCC[Si](C)(C)C)c3c2)OC1. The fourth-order valence-electron chi connectivity index (χ4n) is 4.41. The lowest BCUT2D eigenvalue weighted by atomic mass is 9.72. The molecule has 0 spiro atoms. The van der Waals surface area contributed by atoms with Crippen LogP contribution >= 0.6 is 11.6 Å². The van der Waals surface area contributed by atoms with Crippen LogP contribution < -0.4 is 5.46 Å². The monoisotopic (exact) mass is 478 g/mol. The van der Waals surface area contributed by atoms with Gasteiger partial charge in [-0.1, -0.05) is 45.1 Å². The van der Waals surface area contributed by atoms with Crippen LogP contribution in [0.2, 0.25) is 30.7 Å². The van der Waals surface area contributed by atoms with Crippen molar-refractivity contribution in [1.82, 2.24) is 9.55 Å². The predicted molar refractivity (Wildman–Crippen MR) is 133 cm³/mol. The summed E-state index contributed by atoms with van der Waals surface area (Å²) in [5.74, 6) is 1.13. The first-order valence-electron chi connectivity index (χ1n) is 11.6. The second kappa shape index (κ2) is 8.71. The van der Waals surface area contributed by atoms with Crippen molar-refractivity contribution in [2.75, 3.05) is 19.8 Å². The maximum absolute atomic E-state index is 10.3. The highest BCUT2D eigenvalue weighted by molar-refractivity contribution is 6.76. The molecule has 6 nitrogen and oxygen atoms in total. The maximum atomic E-state index is 10.3. The van der Waals surface area contributed by atoms with Crippen molar-refractivity contribution in [1.29, 1.82) is 0 Å². The van der Waals surface area contributed by atoms with E-state index in [4.69, 9.17) is 30.6 Å². The smallest absolute Gasteiger partial charge is 0.407 e. The average molecular weight is 479 g/mol. The zero-order valence-corrected chi connectivity index (χ0v) is 22.0. The van der Waals surface area contributed by atoms with Crippen LogP contribution in [-0.4, -0.2) is 55.3 Å². The van der Waals surface area contributed by atoms with Gasteiger partial charge in [-0.05, 0) is 43.4 Å². The first-order chi connectivity index (χ1) is 14.8. The van der Waals surface area contributed by atoms with Gasteiger partial charge in [0.05, 0.1) is 16.1 Å². The van der Waals surface area contributed by atoms with Gasteiger partial charge < -0.3 is 23.7 Å². The minimum atomic E-state index is -1.17. The number of hydrogen-bond donors (Lipinski definition) is 1. The third-order valence-corrected chi connectivity index (χ3v) is 8.33. The van der Waals surface area contributed by atoms with Crippen molar-refractivity contribution in [2.45, 2.75) is 77.5 Å². The minimum Gasteiger partial charge on any atom is -0.407 e. The van der Waals surface area contributed by atoms with Gasteiger partial charge in [0.15, 0.2) is 0 Å². The van der Waals surface area contributed by atoms with Crippen LogP contribution in [0, 0.1) is 5.41 Å². The summed E-state index contributed by atoms with van der Waals surface area (Å²) in [4.78, 5) is 4.90. The molecular weight excluding hydrogens is 443 g/mol. The number of aromatic nitrogens is 2. The molecule has 0 atom stereocenters. The molecule has 4 rings (SSSR count). The number of imidazole rings is 1. The minimum absolute atomic E-state index is 0.00468. The lowest BCUT2D eigenvalue weighted by molar-refractivity contribution is -0.0357. The molecule has 0 bridgehead atoms. The summed E-state index contributed by atoms with van der Waals surface area (Å²) in [6, 6.07) is 5.08. The molecule has 32 heavy (non-hydrogen) atoms. The van der Waals surface area contributed by atoms with Gasteiger partial charge in [0.25, 0.3) is 0 Å². The van der Waals surface area contributed by atoms with Gasteiger partial charge >= 0.3 is 7.12 Å². The highest BCUT2D eigenvalue weighted by atomic mass is 35.5. The van der Waals surface area contributed by atoms with Crippen molar-refractivity contribution >= 4 is 43.3 Å². The number of aliphatic hydroxyl groups is 1. The number of hydrogen-bond acceptors (Lipinski definition) is 5. The van der Waals surface area contributed by atoms with Crippen molar-refractivity contribution in [3.63, 3.8) is 0 Å². The Kier molecular flexibility index (Phi) is 6.60. The molecule has 0 amide bonds. The fourth-order valence-corrected chi connectivity index (χ4v) is 5.43. The van der Waals surface area contributed by atoms with E-state index in [0.29, 0.717) is 37.8 Å². The zero-order chi connectivity index (χ0) is 23.3.